The molecule has 6 nitrogen and oxygen atoms in total. The van der Waals surface area contributed by atoms with Gasteiger partial charge < -0.3 is 87.0 Å². The normalized spacial score (nSPS) is 8.61. The van der Waals surface area contributed by atoms with Crippen LogP contribution in [-0.2, 0) is 0 Å². The fourth-order valence-corrected chi connectivity index (χ4v) is 4.36. The zero-order chi connectivity index (χ0) is 33.9. The molecule has 0 aliphatic carbocycles. The molecule has 7 aromatic rings. The van der Waals surface area contributed by atoms with Gasteiger partial charge in [-0.3, -0.25) is 7.32 Å². The maximum Gasteiger partial charge on any atom is 0.166 e. The Morgan fingerprint density at radius 2 is 0.451 bits per heavy atom. The average Bonchev–Trinajstić information content (AvgIpc) is 3.18. The molecule has 3 N–H and O–H groups in total. The number of halogens is 3. The predicted octanol–water partition coefficient (Wildman–Crippen LogP) is -4.74. The van der Waals surface area contributed by atoms with Crippen LogP contribution in [0.25, 0.3) is 11.1 Å². The van der Waals surface area contributed by atoms with Crippen LogP contribution in [-0.4, -0.2) is 7.32 Å². The molecule has 0 bridgehead atoms. The van der Waals surface area contributed by atoms with Crippen LogP contribution >= 0.6 is 0 Å². The van der Waals surface area contributed by atoms with E-state index in [0.29, 0.717) is 0 Å². The molecule has 10 heteroatoms. The Bertz CT molecular complexity index is 1460. The molecule has 0 saturated carbocycles. The third-order valence-corrected chi connectivity index (χ3v) is 6.32. The summed E-state index contributed by atoms with van der Waals surface area (Å²) in [5.74, 6) is 0. The maximum absolute atomic E-state index is 8.42. The van der Waals surface area contributed by atoms with Gasteiger partial charge in [0, 0.05) is 36.4 Å². The number of hydrogen-bond acceptors (Lipinski definition) is 3. The molecule has 7 rings (SSSR count). The van der Waals surface area contributed by atoms with Gasteiger partial charge in [0.15, 0.2) is 37.2 Å². The lowest BCUT2D eigenvalue weighted by atomic mass is 9.86. The van der Waals surface area contributed by atoms with Gasteiger partial charge in [-0.25, -0.2) is 15.0 Å². The summed E-state index contributed by atoms with van der Waals surface area (Å²) in [7, 11) is -2.92. The molecule has 4 aromatic carbocycles. The molecule has 0 spiro atoms. The molecular formula is C41H38BI3N3O3-3. The van der Waals surface area contributed by atoms with Crippen molar-refractivity contribution in [3.8, 4) is 0 Å². The second-order valence-corrected chi connectivity index (χ2v) is 9.73. The number of aromatic amines is 3. The molecule has 262 valence electrons. The molecule has 0 unspecified atom stereocenters. The Morgan fingerprint density at radius 3 is 0.569 bits per heavy atom. The van der Waals surface area contributed by atoms with E-state index in [9.17, 15) is 0 Å². The van der Waals surface area contributed by atoms with E-state index in [1.165, 1.54) is 33.4 Å². The number of rotatable bonds is 4. The topological polar surface area (TPSA) is 112 Å². The van der Waals surface area contributed by atoms with Crippen molar-refractivity contribution < 1.29 is 102 Å². The molecule has 0 aliphatic rings. The van der Waals surface area contributed by atoms with E-state index in [1.54, 1.807) is 0 Å². The predicted molar refractivity (Wildman–Crippen MR) is 186 cm³/mol. The quantitative estimate of drug-likeness (QED) is 0.101. The first kappa shape index (κ1) is 47.2. The van der Waals surface area contributed by atoms with E-state index < -0.39 is 7.32 Å². The Hall–Kier alpha value is -3.80. The summed E-state index contributed by atoms with van der Waals surface area (Å²) >= 11 is 0. The van der Waals surface area contributed by atoms with Gasteiger partial charge >= 0.3 is 0 Å². The van der Waals surface area contributed by atoms with Crippen LogP contribution in [0.5, 0.6) is 0 Å². The molecule has 0 amide bonds. The third-order valence-electron chi connectivity index (χ3n) is 6.32. The molecule has 0 radical (unpaired) electrons. The molecule has 3 heterocycles. The van der Waals surface area contributed by atoms with Crippen molar-refractivity contribution in [2.75, 3.05) is 0 Å². The minimum Gasteiger partial charge on any atom is -1.00 e. The number of nitrogens with one attached hydrogen (secondary N) is 3. The van der Waals surface area contributed by atoms with Crippen molar-refractivity contribution in [2.24, 2.45) is 0 Å². The Balaban J connectivity index is 0.000000812. The van der Waals surface area contributed by atoms with Crippen LogP contribution in [0, 0.1) is 0 Å². The summed E-state index contributed by atoms with van der Waals surface area (Å²) in [5.41, 5.74) is 7.40. The summed E-state index contributed by atoms with van der Waals surface area (Å²) in [4.78, 5) is 8.68. The van der Waals surface area contributed by atoms with E-state index in [4.69, 9.17) is 15.1 Å². The van der Waals surface area contributed by atoms with Crippen molar-refractivity contribution in [3.05, 3.63) is 235 Å². The highest BCUT2D eigenvalue weighted by atomic mass is 127. The summed E-state index contributed by atoms with van der Waals surface area (Å²) < 4.78 is 0. The van der Waals surface area contributed by atoms with Gasteiger partial charge in [-0.05, 0) is 33.4 Å². The van der Waals surface area contributed by atoms with Crippen LogP contribution in [0.4, 0.5) is 0 Å². The highest BCUT2D eigenvalue weighted by Gasteiger charge is 2.15. The van der Waals surface area contributed by atoms with Crippen molar-refractivity contribution in [3.63, 3.8) is 0 Å². The average molecular weight is 1010 g/mol. The summed E-state index contributed by atoms with van der Waals surface area (Å²) in [6.45, 7) is 0. The maximum atomic E-state index is 8.42. The molecule has 0 atom stereocenters. The number of pyridine rings is 3. The fourth-order valence-electron chi connectivity index (χ4n) is 4.36. The van der Waals surface area contributed by atoms with Crippen molar-refractivity contribution in [2.45, 2.75) is 0 Å². The second-order valence-electron chi connectivity index (χ2n) is 9.73. The zero-order valence-electron chi connectivity index (χ0n) is 27.6. The van der Waals surface area contributed by atoms with Gasteiger partial charge in [-0.2, -0.15) is 0 Å². The van der Waals surface area contributed by atoms with E-state index in [2.05, 4.69) is 136 Å². The number of H-pyrrole nitrogens is 3. The highest BCUT2D eigenvalue weighted by Crippen LogP contribution is 2.36. The molecule has 0 aliphatic heterocycles. The van der Waals surface area contributed by atoms with Crippen LogP contribution in [0.2, 0.25) is 0 Å². The van der Waals surface area contributed by atoms with Gasteiger partial charge in [0.25, 0.3) is 0 Å². The first-order valence-electron chi connectivity index (χ1n) is 15.3. The van der Waals surface area contributed by atoms with Crippen molar-refractivity contribution in [1.29, 1.82) is 0 Å². The zero-order valence-corrected chi connectivity index (χ0v) is 34.1. The summed E-state index contributed by atoms with van der Waals surface area (Å²) in [5, 5.41) is 25.2. The largest absolute Gasteiger partial charge is 1.00 e. The molecule has 0 fully saturated rings. The lowest BCUT2D eigenvalue weighted by Crippen LogP contribution is -3.00. The summed E-state index contributed by atoms with van der Waals surface area (Å²) in [6.07, 6.45) is 11.2. The van der Waals surface area contributed by atoms with Gasteiger partial charge in [-0.1, -0.05) is 140 Å². The van der Waals surface area contributed by atoms with Crippen LogP contribution in [0.1, 0.15) is 22.3 Å². The minimum absolute atomic E-state index is 0. The van der Waals surface area contributed by atoms with Crippen LogP contribution in [0.3, 0.4) is 0 Å². The third kappa shape index (κ3) is 20.6. The van der Waals surface area contributed by atoms with E-state index in [0.717, 1.165) is 0 Å². The first-order valence-corrected chi connectivity index (χ1v) is 15.3. The smallest absolute Gasteiger partial charge is 0.166 e. The molecular weight excluding hydrogens is 974 g/mol. The van der Waals surface area contributed by atoms with Gasteiger partial charge in [-0.15, -0.1) is 0 Å². The highest BCUT2D eigenvalue weighted by molar-refractivity contribution is 6.24. The first-order chi connectivity index (χ1) is 23.7. The Labute approximate surface area is 352 Å². The number of aromatic nitrogens is 3. The van der Waals surface area contributed by atoms with Crippen molar-refractivity contribution in [1.82, 2.24) is 0 Å². The Kier molecular flexibility index (Phi) is 28.7. The monoisotopic (exact) mass is 1010 g/mol. The fraction of sp³-hybridized carbons (Fsp3) is 0. The minimum atomic E-state index is -2.92. The van der Waals surface area contributed by atoms with Crippen molar-refractivity contribution >= 4 is 18.5 Å². The second kappa shape index (κ2) is 31.0. The molecule has 0 saturated heterocycles. The van der Waals surface area contributed by atoms with Crippen LogP contribution < -0.4 is 102 Å². The lowest BCUT2D eigenvalue weighted by Gasteiger charge is -2.35. The SMILES string of the molecule is [I-].[I-].[I-].[O-]B([O-])[O-].c1cc[nH+]cc1.c1cc[nH+]cc1.c1cc[nH+]cc1.c1ccc(C(=C(c2ccccc2)c2ccccc2)c2ccccc2)cc1. The molecule has 51 heavy (non-hydrogen) atoms. The van der Waals surface area contributed by atoms with E-state index in [-0.39, 0.29) is 71.9 Å². The summed E-state index contributed by atoms with van der Waals surface area (Å²) in [6, 6.07) is 60.2. The standard InChI is InChI=1S/C26H20.3C5H5N.BO3.3HI/c1-5-13-21(14-6-1)25(22-15-7-2-8-16-22)26(23-17-9-3-10-18-23)24-19-11-4-12-20-24;3*1-2-4-6-5-3-1;2-1(3)4;;;/h1-20H;3*1-5H;;3*1H/q;;;;-3;;;. The van der Waals surface area contributed by atoms with E-state index >= 15 is 0 Å². The Morgan fingerprint density at radius 1 is 0.294 bits per heavy atom. The van der Waals surface area contributed by atoms with Gasteiger partial charge in [0.2, 0.25) is 0 Å². The number of hydrogen-bond donors (Lipinski definition) is 0. The van der Waals surface area contributed by atoms with E-state index in [1.807, 2.05) is 91.8 Å². The molecule has 3 aromatic heterocycles. The lowest BCUT2D eigenvalue weighted by molar-refractivity contribution is -0.479. The van der Waals surface area contributed by atoms with Gasteiger partial charge in [0.1, 0.15) is 0 Å². The van der Waals surface area contributed by atoms with Crippen LogP contribution in [0.15, 0.2) is 213 Å². The van der Waals surface area contributed by atoms with Gasteiger partial charge in [0.05, 0.1) is 0 Å². The number of benzene rings is 4.